The largest absolute Gasteiger partial charge is 0.497 e. The Hall–Kier alpha value is -2.46. The van der Waals surface area contributed by atoms with Crippen molar-refractivity contribution >= 4 is 28.6 Å². The highest BCUT2D eigenvalue weighted by atomic mass is 127. The normalized spacial score (nSPS) is 24.0. The van der Waals surface area contributed by atoms with Crippen LogP contribution in [-0.2, 0) is 32.2 Å². The van der Waals surface area contributed by atoms with E-state index < -0.39 is 30.6 Å². The Labute approximate surface area is 219 Å². The monoisotopic (exact) mass is 588 g/mol. The van der Waals surface area contributed by atoms with Gasteiger partial charge in [0.1, 0.15) is 11.9 Å². The van der Waals surface area contributed by atoms with Gasteiger partial charge in [-0.25, -0.2) is 4.79 Å². The molecular formula is C28H29IO6. The van der Waals surface area contributed by atoms with Crippen molar-refractivity contribution in [2.24, 2.45) is 0 Å². The fourth-order valence-corrected chi connectivity index (χ4v) is 4.87. The van der Waals surface area contributed by atoms with Crippen LogP contribution in [0, 0.1) is 0 Å². The third kappa shape index (κ3) is 6.82. The summed E-state index contributed by atoms with van der Waals surface area (Å²) < 4.78 is 29.7. The summed E-state index contributed by atoms with van der Waals surface area (Å²) in [5, 5.41) is 0. The predicted molar refractivity (Wildman–Crippen MR) is 141 cm³/mol. The van der Waals surface area contributed by atoms with E-state index in [-0.39, 0.29) is 3.92 Å². The maximum absolute atomic E-state index is 12.9. The van der Waals surface area contributed by atoms with Gasteiger partial charge in [0.25, 0.3) is 0 Å². The van der Waals surface area contributed by atoms with Gasteiger partial charge in [0, 0.05) is 0 Å². The summed E-state index contributed by atoms with van der Waals surface area (Å²) in [6.07, 6.45) is -1.97. The van der Waals surface area contributed by atoms with E-state index in [2.05, 4.69) is 22.6 Å². The zero-order valence-electron chi connectivity index (χ0n) is 19.7. The first-order chi connectivity index (χ1) is 17.0. The molecule has 0 unspecified atom stereocenters. The number of carbonyl (C=O) groups excluding carboxylic acids is 1. The minimum Gasteiger partial charge on any atom is -0.497 e. The van der Waals surface area contributed by atoms with Crippen molar-refractivity contribution < 1.29 is 28.5 Å². The zero-order chi connectivity index (χ0) is 24.6. The fraction of sp³-hybridized carbons (Fsp3) is 0.321. The van der Waals surface area contributed by atoms with Gasteiger partial charge in [-0.05, 0) is 42.3 Å². The van der Waals surface area contributed by atoms with Crippen LogP contribution in [0.25, 0.3) is 0 Å². The third-order valence-electron chi connectivity index (χ3n) is 5.82. The Kier molecular flexibility index (Phi) is 9.14. The van der Waals surface area contributed by atoms with Gasteiger partial charge >= 0.3 is 5.97 Å². The second-order valence-electron chi connectivity index (χ2n) is 8.31. The van der Waals surface area contributed by atoms with Crippen LogP contribution in [0.1, 0.15) is 28.4 Å². The third-order valence-corrected chi connectivity index (χ3v) is 7.12. The van der Waals surface area contributed by atoms with Crippen molar-refractivity contribution in [2.45, 2.75) is 48.7 Å². The van der Waals surface area contributed by atoms with Crippen LogP contribution in [0.5, 0.6) is 5.75 Å². The second kappa shape index (κ2) is 12.5. The lowest BCUT2D eigenvalue weighted by molar-refractivity contribution is -0.250. The Morgan fingerprint density at radius 2 is 1.43 bits per heavy atom. The minimum absolute atomic E-state index is 0.209. The van der Waals surface area contributed by atoms with Crippen LogP contribution >= 0.6 is 22.6 Å². The molecule has 0 spiro atoms. The molecule has 3 aromatic rings. The molecule has 1 heterocycles. The average molecular weight is 588 g/mol. The van der Waals surface area contributed by atoms with Crippen molar-refractivity contribution in [3.05, 3.63) is 102 Å². The lowest BCUT2D eigenvalue weighted by Gasteiger charge is -2.42. The summed E-state index contributed by atoms with van der Waals surface area (Å²) in [4.78, 5) is 12.9. The molecule has 5 atom stereocenters. The van der Waals surface area contributed by atoms with Crippen LogP contribution in [0.3, 0.4) is 0 Å². The van der Waals surface area contributed by atoms with Crippen LogP contribution in [0.2, 0.25) is 0 Å². The molecule has 0 N–H and O–H groups in total. The number of rotatable bonds is 9. The van der Waals surface area contributed by atoms with Gasteiger partial charge in [0.2, 0.25) is 0 Å². The SMILES string of the molecule is COc1ccc(CO[C@@H]2[C@@H](I)[C@H](OCc3ccccc3)O[C@@H](C)[C@@H]2OC(=O)c2ccccc2)cc1. The number of methoxy groups -OCH3 is 1. The molecule has 0 bridgehead atoms. The van der Waals surface area contributed by atoms with E-state index in [4.69, 9.17) is 23.7 Å². The lowest BCUT2D eigenvalue weighted by atomic mass is 10.0. The number of hydrogen-bond donors (Lipinski definition) is 0. The first-order valence-corrected chi connectivity index (χ1v) is 12.8. The maximum Gasteiger partial charge on any atom is 0.338 e. The van der Waals surface area contributed by atoms with Crippen molar-refractivity contribution in [2.75, 3.05) is 7.11 Å². The molecule has 1 aliphatic rings. The molecule has 1 saturated heterocycles. The average Bonchev–Trinajstić information content (AvgIpc) is 2.90. The maximum atomic E-state index is 12.9. The topological polar surface area (TPSA) is 63.2 Å². The molecule has 1 fully saturated rings. The van der Waals surface area contributed by atoms with Gasteiger partial charge < -0.3 is 23.7 Å². The van der Waals surface area contributed by atoms with Crippen molar-refractivity contribution in [3.63, 3.8) is 0 Å². The summed E-state index contributed by atoms with van der Waals surface area (Å²) in [6.45, 7) is 2.65. The summed E-state index contributed by atoms with van der Waals surface area (Å²) in [6, 6.07) is 26.6. The molecule has 4 rings (SSSR count). The van der Waals surface area contributed by atoms with Crippen LogP contribution in [-0.4, -0.2) is 41.6 Å². The molecule has 0 aliphatic carbocycles. The van der Waals surface area contributed by atoms with Gasteiger partial charge in [-0.1, -0.05) is 83.3 Å². The Balaban J connectivity index is 1.49. The van der Waals surface area contributed by atoms with Gasteiger partial charge in [-0.3, -0.25) is 0 Å². The number of halogens is 1. The molecule has 1 aliphatic heterocycles. The van der Waals surface area contributed by atoms with Crippen molar-refractivity contribution in [1.82, 2.24) is 0 Å². The minimum atomic E-state index is -0.598. The molecule has 6 nitrogen and oxygen atoms in total. The first kappa shape index (κ1) is 25.6. The zero-order valence-corrected chi connectivity index (χ0v) is 21.9. The number of carbonyl (C=O) groups is 1. The summed E-state index contributed by atoms with van der Waals surface area (Å²) in [5.74, 6) is 0.376. The number of hydrogen-bond acceptors (Lipinski definition) is 6. The van der Waals surface area contributed by atoms with Crippen molar-refractivity contribution in [3.8, 4) is 5.75 Å². The van der Waals surface area contributed by atoms with Gasteiger partial charge in [0.05, 0.1) is 35.9 Å². The quantitative estimate of drug-likeness (QED) is 0.185. The number of ether oxygens (including phenoxy) is 5. The van der Waals surface area contributed by atoms with Crippen LogP contribution < -0.4 is 4.74 Å². The van der Waals surface area contributed by atoms with Crippen LogP contribution in [0.4, 0.5) is 0 Å². The highest BCUT2D eigenvalue weighted by molar-refractivity contribution is 14.1. The summed E-state index contributed by atoms with van der Waals surface area (Å²) in [7, 11) is 1.64. The molecule has 3 aromatic carbocycles. The smallest absolute Gasteiger partial charge is 0.338 e. The number of esters is 1. The Bertz CT molecular complexity index is 1060. The van der Waals surface area contributed by atoms with Gasteiger partial charge in [-0.15, -0.1) is 0 Å². The molecule has 7 heteroatoms. The molecule has 184 valence electrons. The molecule has 0 saturated carbocycles. The van der Waals surface area contributed by atoms with E-state index in [0.29, 0.717) is 18.8 Å². The Morgan fingerprint density at radius 1 is 0.829 bits per heavy atom. The van der Waals surface area contributed by atoms with Crippen molar-refractivity contribution in [1.29, 1.82) is 0 Å². The van der Waals surface area contributed by atoms with Crippen LogP contribution in [0.15, 0.2) is 84.9 Å². The Morgan fingerprint density at radius 3 is 2.09 bits per heavy atom. The van der Waals surface area contributed by atoms with E-state index in [1.165, 1.54) is 0 Å². The standard InChI is InChI=1S/C28H29IO6/c1-19-25(35-27(30)22-11-7-4-8-12-22)26(32-17-21-13-15-23(31-2)16-14-21)24(29)28(34-19)33-18-20-9-5-3-6-10-20/h3-16,19,24-26,28H,17-18H2,1-2H3/t19-,24+,25-,26+,28+/m0/s1. The van der Waals surface area contributed by atoms with Gasteiger partial charge in [0.15, 0.2) is 12.4 Å². The summed E-state index contributed by atoms with van der Waals surface area (Å²) in [5.41, 5.74) is 2.53. The lowest BCUT2D eigenvalue weighted by Crippen LogP contribution is -2.57. The molecule has 35 heavy (non-hydrogen) atoms. The highest BCUT2D eigenvalue weighted by Gasteiger charge is 2.46. The first-order valence-electron chi connectivity index (χ1n) is 11.5. The second-order valence-corrected chi connectivity index (χ2v) is 9.75. The molecule has 0 amide bonds. The predicted octanol–water partition coefficient (Wildman–Crippen LogP) is 5.57. The summed E-state index contributed by atoms with van der Waals surface area (Å²) >= 11 is 2.28. The molecular weight excluding hydrogens is 559 g/mol. The molecule has 0 radical (unpaired) electrons. The van der Waals surface area contributed by atoms with E-state index in [1.54, 1.807) is 19.2 Å². The van der Waals surface area contributed by atoms with E-state index in [9.17, 15) is 4.79 Å². The fourth-order valence-electron chi connectivity index (χ4n) is 3.88. The number of benzene rings is 3. The van der Waals surface area contributed by atoms with E-state index in [0.717, 1.165) is 16.9 Å². The highest BCUT2D eigenvalue weighted by Crippen LogP contribution is 2.33. The van der Waals surface area contributed by atoms with E-state index >= 15 is 0 Å². The molecule has 0 aromatic heterocycles. The van der Waals surface area contributed by atoms with E-state index in [1.807, 2.05) is 79.7 Å². The number of alkyl halides is 1. The van der Waals surface area contributed by atoms with Gasteiger partial charge in [-0.2, -0.15) is 0 Å².